The van der Waals surface area contributed by atoms with Crippen molar-refractivity contribution in [1.82, 2.24) is 5.32 Å². The fraction of sp³-hybridized carbons (Fsp3) is 0.455. The van der Waals surface area contributed by atoms with Crippen molar-refractivity contribution < 1.29 is 9.50 Å². The third kappa shape index (κ3) is 2.79. The van der Waals surface area contributed by atoms with Crippen molar-refractivity contribution in [2.45, 2.75) is 19.9 Å². The number of aliphatic hydroxyl groups is 1. The summed E-state index contributed by atoms with van der Waals surface area (Å²) >= 11 is 0. The van der Waals surface area contributed by atoms with Gasteiger partial charge in [0.25, 0.3) is 0 Å². The van der Waals surface area contributed by atoms with Crippen molar-refractivity contribution in [3.8, 4) is 0 Å². The molecule has 0 aromatic heterocycles. The summed E-state index contributed by atoms with van der Waals surface area (Å²) in [6.07, 6.45) is 0. The zero-order valence-corrected chi connectivity index (χ0v) is 8.55. The van der Waals surface area contributed by atoms with Crippen LogP contribution < -0.4 is 5.32 Å². The molecule has 1 aromatic carbocycles. The van der Waals surface area contributed by atoms with Crippen molar-refractivity contribution in [3.63, 3.8) is 0 Å². The molecule has 2 nitrogen and oxygen atoms in total. The van der Waals surface area contributed by atoms with Crippen LogP contribution in [0.25, 0.3) is 0 Å². The van der Waals surface area contributed by atoms with Gasteiger partial charge in [-0.3, -0.25) is 0 Å². The van der Waals surface area contributed by atoms with E-state index in [1.807, 2.05) is 13.0 Å². The quantitative estimate of drug-likeness (QED) is 0.771. The first kappa shape index (κ1) is 11.1. The molecule has 0 fully saturated rings. The highest BCUT2D eigenvalue weighted by Crippen LogP contribution is 2.15. The lowest BCUT2D eigenvalue weighted by atomic mass is 10.1. The van der Waals surface area contributed by atoms with Crippen molar-refractivity contribution >= 4 is 0 Å². The van der Waals surface area contributed by atoms with E-state index in [1.165, 1.54) is 6.07 Å². The lowest BCUT2D eigenvalue weighted by molar-refractivity contribution is 0.286. The van der Waals surface area contributed by atoms with Crippen molar-refractivity contribution in [1.29, 1.82) is 0 Å². The molecule has 3 heteroatoms. The van der Waals surface area contributed by atoms with Crippen molar-refractivity contribution in [3.05, 3.63) is 35.1 Å². The Labute approximate surface area is 83.8 Å². The number of benzene rings is 1. The van der Waals surface area contributed by atoms with E-state index in [1.54, 1.807) is 13.0 Å². The van der Waals surface area contributed by atoms with Gasteiger partial charge in [-0.15, -0.1) is 0 Å². The molecule has 2 N–H and O–H groups in total. The zero-order chi connectivity index (χ0) is 10.6. The molecule has 1 rings (SSSR count). The fourth-order valence-corrected chi connectivity index (χ4v) is 1.28. The van der Waals surface area contributed by atoms with Crippen LogP contribution in [-0.4, -0.2) is 18.3 Å². The van der Waals surface area contributed by atoms with E-state index in [9.17, 15) is 4.39 Å². The Morgan fingerprint density at radius 3 is 2.79 bits per heavy atom. The van der Waals surface area contributed by atoms with Gasteiger partial charge < -0.3 is 10.4 Å². The summed E-state index contributed by atoms with van der Waals surface area (Å²) in [7, 11) is 0. The largest absolute Gasteiger partial charge is 0.395 e. The van der Waals surface area contributed by atoms with E-state index in [4.69, 9.17) is 5.11 Å². The first-order valence-electron chi connectivity index (χ1n) is 4.75. The summed E-state index contributed by atoms with van der Waals surface area (Å²) in [6, 6.07) is 5.26. The molecule has 0 spiro atoms. The van der Waals surface area contributed by atoms with E-state index in [2.05, 4.69) is 5.32 Å². The van der Waals surface area contributed by atoms with E-state index in [0.29, 0.717) is 12.1 Å². The third-order valence-corrected chi connectivity index (χ3v) is 2.26. The van der Waals surface area contributed by atoms with Crippen molar-refractivity contribution in [2.24, 2.45) is 0 Å². The van der Waals surface area contributed by atoms with Crippen LogP contribution in [0.3, 0.4) is 0 Å². The van der Waals surface area contributed by atoms with E-state index in [0.717, 1.165) is 5.56 Å². The number of nitrogens with one attached hydrogen (secondary N) is 1. The fourth-order valence-electron chi connectivity index (χ4n) is 1.28. The molecule has 1 unspecified atom stereocenters. The van der Waals surface area contributed by atoms with E-state index < -0.39 is 0 Å². The number of hydrogen-bond donors (Lipinski definition) is 2. The Balaban J connectivity index is 2.70. The smallest absolute Gasteiger partial charge is 0.126 e. The molecule has 0 saturated heterocycles. The standard InChI is InChI=1S/C11H16FNO/c1-8-3-4-10(7-11(8)12)9(2)13-5-6-14/h3-4,7,9,13-14H,5-6H2,1-2H3. The average Bonchev–Trinajstić information content (AvgIpc) is 2.18. The van der Waals surface area contributed by atoms with Crippen LogP contribution in [0, 0.1) is 12.7 Å². The Hall–Kier alpha value is -0.930. The highest BCUT2D eigenvalue weighted by atomic mass is 19.1. The molecule has 0 aliphatic carbocycles. The second kappa shape index (κ2) is 5.08. The molecule has 0 saturated carbocycles. The minimum atomic E-state index is -0.180. The summed E-state index contributed by atoms with van der Waals surface area (Å²) in [5.41, 5.74) is 1.56. The minimum Gasteiger partial charge on any atom is -0.395 e. The molecule has 0 radical (unpaired) electrons. The number of aryl methyl sites for hydroxylation is 1. The molecule has 1 atom stereocenters. The van der Waals surface area contributed by atoms with Gasteiger partial charge in [0.15, 0.2) is 0 Å². The van der Waals surface area contributed by atoms with Gasteiger partial charge in [-0.2, -0.15) is 0 Å². The van der Waals surface area contributed by atoms with Crippen LogP contribution >= 0.6 is 0 Å². The lowest BCUT2D eigenvalue weighted by Gasteiger charge is -2.13. The first-order chi connectivity index (χ1) is 6.65. The molecule has 0 amide bonds. The summed E-state index contributed by atoms with van der Waals surface area (Å²) in [6.45, 7) is 4.31. The number of halogens is 1. The molecule has 0 aliphatic rings. The van der Waals surface area contributed by atoms with Gasteiger partial charge in [0.05, 0.1) is 6.61 Å². The first-order valence-corrected chi connectivity index (χ1v) is 4.75. The maximum absolute atomic E-state index is 13.2. The summed E-state index contributed by atoms with van der Waals surface area (Å²) in [4.78, 5) is 0. The molecule has 14 heavy (non-hydrogen) atoms. The van der Waals surface area contributed by atoms with Crippen LogP contribution in [0.5, 0.6) is 0 Å². The van der Waals surface area contributed by atoms with Gasteiger partial charge >= 0.3 is 0 Å². The third-order valence-electron chi connectivity index (χ3n) is 2.26. The SMILES string of the molecule is Cc1ccc(C(C)NCCO)cc1F. The summed E-state index contributed by atoms with van der Waals surface area (Å²) in [5.74, 6) is -0.180. The second-order valence-corrected chi connectivity index (χ2v) is 3.41. The highest BCUT2D eigenvalue weighted by Gasteiger charge is 2.06. The summed E-state index contributed by atoms with van der Waals surface area (Å²) < 4.78 is 13.2. The second-order valence-electron chi connectivity index (χ2n) is 3.41. The Bertz CT molecular complexity index is 301. The molecule has 0 aliphatic heterocycles. The lowest BCUT2D eigenvalue weighted by Crippen LogP contribution is -2.22. The van der Waals surface area contributed by atoms with Crippen LogP contribution in [0.2, 0.25) is 0 Å². The van der Waals surface area contributed by atoms with E-state index in [-0.39, 0.29) is 18.5 Å². The van der Waals surface area contributed by atoms with Crippen LogP contribution in [0.15, 0.2) is 18.2 Å². The van der Waals surface area contributed by atoms with Gasteiger partial charge in [-0.05, 0) is 31.0 Å². The van der Waals surface area contributed by atoms with Crippen molar-refractivity contribution in [2.75, 3.05) is 13.2 Å². The summed E-state index contributed by atoms with van der Waals surface area (Å²) in [5, 5.41) is 11.7. The Morgan fingerprint density at radius 1 is 1.50 bits per heavy atom. The zero-order valence-electron chi connectivity index (χ0n) is 8.55. The van der Waals surface area contributed by atoms with Gasteiger partial charge in [0.1, 0.15) is 5.82 Å². The minimum absolute atomic E-state index is 0.0669. The van der Waals surface area contributed by atoms with Gasteiger partial charge in [0, 0.05) is 12.6 Å². The number of hydrogen-bond acceptors (Lipinski definition) is 2. The van der Waals surface area contributed by atoms with Crippen LogP contribution in [0.1, 0.15) is 24.1 Å². The molecular weight excluding hydrogens is 181 g/mol. The normalized spacial score (nSPS) is 12.9. The predicted octanol–water partition coefficient (Wildman–Crippen LogP) is 1.78. The molecular formula is C11H16FNO. The van der Waals surface area contributed by atoms with Crippen LogP contribution in [-0.2, 0) is 0 Å². The average molecular weight is 197 g/mol. The van der Waals surface area contributed by atoms with Gasteiger partial charge in [-0.25, -0.2) is 4.39 Å². The molecule has 0 heterocycles. The molecule has 78 valence electrons. The number of rotatable bonds is 4. The monoisotopic (exact) mass is 197 g/mol. The van der Waals surface area contributed by atoms with Crippen LogP contribution in [0.4, 0.5) is 4.39 Å². The number of aliphatic hydroxyl groups excluding tert-OH is 1. The topological polar surface area (TPSA) is 32.3 Å². The maximum Gasteiger partial charge on any atom is 0.126 e. The Kier molecular flexibility index (Phi) is 4.04. The van der Waals surface area contributed by atoms with Gasteiger partial charge in [0.2, 0.25) is 0 Å². The predicted molar refractivity (Wildman–Crippen MR) is 54.6 cm³/mol. The highest BCUT2D eigenvalue weighted by molar-refractivity contribution is 5.25. The molecule has 1 aromatic rings. The van der Waals surface area contributed by atoms with E-state index >= 15 is 0 Å². The maximum atomic E-state index is 13.2. The Morgan fingerprint density at radius 2 is 2.21 bits per heavy atom. The van der Waals surface area contributed by atoms with Gasteiger partial charge in [-0.1, -0.05) is 12.1 Å². The molecule has 0 bridgehead atoms.